The number of alkyl halides is 3. The maximum absolute atomic E-state index is 13.0. The SMILES string of the molecule is Br.O=c1c(-n2cncn2)cc2ccccc2n1Cc1cccc(C(F)(F)F)c1. The lowest BCUT2D eigenvalue weighted by Crippen LogP contribution is -2.25. The molecule has 0 radical (unpaired) electrons. The predicted molar refractivity (Wildman–Crippen MR) is 104 cm³/mol. The highest BCUT2D eigenvalue weighted by molar-refractivity contribution is 8.93. The minimum absolute atomic E-state index is 0. The van der Waals surface area contributed by atoms with E-state index in [0.717, 1.165) is 17.5 Å². The van der Waals surface area contributed by atoms with Crippen molar-refractivity contribution in [1.82, 2.24) is 19.3 Å². The average Bonchev–Trinajstić information content (AvgIpc) is 3.18. The van der Waals surface area contributed by atoms with Gasteiger partial charge in [0, 0.05) is 5.39 Å². The first-order valence-corrected chi connectivity index (χ1v) is 8.07. The largest absolute Gasteiger partial charge is 0.416 e. The van der Waals surface area contributed by atoms with Crippen molar-refractivity contribution >= 4 is 27.9 Å². The fraction of sp³-hybridized carbons (Fsp3) is 0.105. The van der Waals surface area contributed by atoms with Gasteiger partial charge < -0.3 is 4.57 Å². The number of fused-ring (bicyclic) bond motifs is 1. The molecule has 0 saturated carbocycles. The number of rotatable bonds is 3. The lowest BCUT2D eigenvalue weighted by Gasteiger charge is -2.14. The normalized spacial score (nSPS) is 11.4. The summed E-state index contributed by atoms with van der Waals surface area (Å²) in [6.07, 6.45) is -1.72. The molecule has 144 valence electrons. The molecule has 0 fully saturated rings. The van der Waals surface area contributed by atoms with Gasteiger partial charge in [0.05, 0.1) is 17.6 Å². The highest BCUT2D eigenvalue weighted by Gasteiger charge is 2.30. The number of halogens is 4. The van der Waals surface area contributed by atoms with E-state index in [1.807, 2.05) is 12.1 Å². The number of para-hydroxylation sites is 1. The van der Waals surface area contributed by atoms with Crippen molar-refractivity contribution < 1.29 is 13.2 Å². The van der Waals surface area contributed by atoms with Crippen LogP contribution in [0.2, 0.25) is 0 Å². The zero-order chi connectivity index (χ0) is 19.0. The number of benzene rings is 2. The topological polar surface area (TPSA) is 52.7 Å². The van der Waals surface area contributed by atoms with Gasteiger partial charge in [-0.2, -0.15) is 18.3 Å². The molecule has 0 aliphatic carbocycles. The Morgan fingerprint density at radius 3 is 2.50 bits per heavy atom. The highest BCUT2D eigenvalue weighted by Crippen LogP contribution is 2.29. The van der Waals surface area contributed by atoms with Crippen LogP contribution >= 0.6 is 17.0 Å². The quantitative estimate of drug-likeness (QED) is 0.469. The van der Waals surface area contributed by atoms with Crippen LogP contribution in [0.3, 0.4) is 0 Å². The summed E-state index contributed by atoms with van der Waals surface area (Å²) >= 11 is 0. The van der Waals surface area contributed by atoms with E-state index < -0.39 is 11.7 Å². The molecule has 9 heteroatoms. The molecule has 0 aliphatic rings. The molecule has 0 spiro atoms. The van der Waals surface area contributed by atoms with Crippen molar-refractivity contribution in [3.63, 3.8) is 0 Å². The molecule has 5 nitrogen and oxygen atoms in total. The predicted octanol–water partition coefficient (Wildman–Crippen LogP) is 4.23. The summed E-state index contributed by atoms with van der Waals surface area (Å²) in [5.74, 6) is 0. The van der Waals surface area contributed by atoms with Gasteiger partial charge in [0.15, 0.2) is 0 Å². The van der Waals surface area contributed by atoms with Crippen molar-refractivity contribution in [2.24, 2.45) is 0 Å². The average molecular weight is 451 g/mol. The lowest BCUT2D eigenvalue weighted by atomic mass is 10.1. The first-order valence-electron chi connectivity index (χ1n) is 8.07. The maximum atomic E-state index is 13.0. The van der Waals surface area contributed by atoms with Crippen molar-refractivity contribution in [2.45, 2.75) is 12.7 Å². The van der Waals surface area contributed by atoms with E-state index in [1.54, 1.807) is 24.3 Å². The maximum Gasteiger partial charge on any atom is 0.416 e. The van der Waals surface area contributed by atoms with Crippen LogP contribution in [0.1, 0.15) is 11.1 Å². The van der Waals surface area contributed by atoms with Gasteiger partial charge in [-0.15, -0.1) is 17.0 Å². The summed E-state index contributed by atoms with van der Waals surface area (Å²) in [6.45, 7) is 0.00576. The lowest BCUT2D eigenvalue weighted by molar-refractivity contribution is -0.137. The Balaban J connectivity index is 0.00000225. The van der Waals surface area contributed by atoms with Crippen molar-refractivity contribution in [3.8, 4) is 5.69 Å². The van der Waals surface area contributed by atoms with E-state index in [-0.39, 0.29) is 34.8 Å². The summed E-state index contributed by atoms with van der Waals surface area (Å²) in [6, 6.07) is 13.9. The first-order chi connectivity index (χ1) is 12.9. The molecule has 28 heavy (non-hydrogen) atoms. The Kier molecular flexibility index (Phi) is 5.37. The Morgan fingerprint density at radius 1 is 1.00 bits per heavy atom. The van der Waals surface area contributed by atoms with Crippen molar-refractivity contribution in [1.29, 1.82) is 0 Å². The molecule has 4 aromatic rings. The molecule has 0 saturated heterocycles. The fourth-order valence-corrected chi connectivity index (χ4v) is 2.99. The Bertz CT molecular complexity index is 1170. The zero-order valence-electron chi connectivity index (χ0n) is 14.3. The van der Waals surface area contributed by atoms with E-state index in [0.29, 0.717) is 11.1 Å². The second-order valence-corrected chi connectivity index (χ2v) is 6.02. The number of pyridine rings is 1. The summed E-state index contributed by atoms with van der Waals surface area (Å²) in [5, 5.41) is 4.76. The monoisotopic (exact) mass is 450 g/mol. The van der Waals surface area contributed by atoms with Crippen LogP contribution < -0.4 is 5.56 Å². The van der Waals surface area contributed by atoms with Crippen LogP contribution in [0.25, 0.3) is 16.6 Å². The summed E-state index contributed by atoms with van der Waals surface area (Å²) < 4.78 is 41.8. The van der Waals surface area contributed by atoms with Gasteiger partial charge in [0.1, 0.15) is 18.3 Å². The van der Waals surface area contributed by atoms with Crippen LogP contribution in [-0.2, 0) is 12.7 Å². The number of hydrogen-bond donors (Lipinski definition) is 0. The van der Waals surface area contributed by atoms with Gasteiger partial charge in [-0.05, 0) is 29.8 Å². The second kappa shape index (κ2) is 7.59. The standard InChI is InChI=1S/C19H13F3N4O.BrH/c20-19(21,22)15-6-3-4-13(8-15)10-25-16-7-2-1-5-14(16)9-17(18(25)27)26-12-23-11-24-26;/h1-9,11-12H,10H2;1H. The van der Waals surface area contributed by atoms with Gasteiger partial charge in [-0.3, -0.25) is 4.79 Å². The van der Waals surface area contributed by atoms with E-state index in [4.69, 9.17) is 0 Å². The van der Waals surface area contributed by atoms with E-state index in [9.17, 15) is 18.0 Å². The Labute approximate surface area is 167 Å². The summed E-state index contributed by atoms with van der Waals surface area (Å²) in [4.78, 5) is 16.9. The molecule has 4 rings (SSSR count). The highest BCUT2D eigenvalue weighted by atomic mass is 79.9. The van der Waals surface area contributed by atoms with Gasteiger partial charge in [0.2, 0.25) is 0 Å². The minimum Gasteiger partial charge on any atom is -0.302 e. The Morgan fingerprint density at radius 2 is 1.79 bits per heavy atom. The van der Waals surface area contributed by atoms with E-state index >= 15 is 0 Å². The van der Waals surface area contributed by atoms with Crippen LogP contribution in [0.15, 0.2) is 72.0 Å². The zero-order valence-corrected chi connectivity index (χ0v) is 16.0. The molecule has 2 heterocycles. The third-order valence-corrected chi connectivity index (χ3v) is 4.24. The number of hydrogen-bond acceptors (Lipinski definition) is 3. The molecule has 0 unspecified atom stereocenters. The van der Waals surface area contributed by atoms with Gasteiger partial charge >= 0.3 is 6.18 Å². The molecule has 0 N–H and O–H groups in total. The minimum atomic E-state index is -4.44. The second-order valence-electron chi connectivity index (χ2n) is 6.02. The van der Waals surface area contributed by atoms with Gasteiger partial charge in [-0.1, -0.05) is 30.3 Å². The van der Waals surface area contributed by atoms with Gasteiger partial charge in [-0.25, -0.2) is 9.67 Å². The third kappa shape index (κ3) is 3.70. The summed E-state index contributed by atoms with van der Waals surface area (Å²) in [7, 11) is 0. The molecule has 2 aromatic heterocycles. The van der Waals surface area contributed by atoms with Crippen LogP contribution in [0.4, 0.5) is 13.2 Å². The molecule has 0 aliphatic heterocycles. The van der Waals surface area contributed by atoms with Gasteiger partial charge in [0.25, 0.3) is 5.56 Å². The number of aromatic nitrogens is 4. The van der Waals surface area contributed by atoms with Crippen LogP contribution in [0, 0.1) is 0 Å². The van der Waals surface area contributed by atoms with Crippen LogP contribution in [0.5, 0.6) is 0 Å². The van der Waals surface area contributed by atoms with Crippen molar-refractivity contribution in [2.75, 3.05) is 0 Å². The molecular formula is C19H14BrF3N4O. The van der Waals surface area contributed by atoms with E-state index in [2.05, 4.69) is 10.1 Å². The molecule has 0 amide bonds. The van der Waals surface area contributed by atoms with Crippen LogP contribution in [-0.4, -0.2) is 19.3 Å². The molecule has 2 aromatic carbocycles. The molecule has 0 atom stereocenters. The number of nitrogens with zero attached hydrogens (tertiary/aromatic N) is 4. The molecule has 0 bridgehead atoms. The van der Waals surface area contributed by atoms with Crippen molar-refractivity contribution in [3.05, 3.63) is 88.7 Å². The van der Waals surface area contributed by atoms with E-state index in [1.165, 1.54) is 28.0 Å². The fourth-order valence-electron chi connectivity index (χ4n) is 2.99. The first kappa shape index (κ1) is 19.8. The summed E-state index contributed by atoms with van der Waals surface area (Å²) in [5.41, 5.74) is 0.177. The smallest absolute Gasteiger partial charge is 0.302 e. The molecular weight excluding hydrogens is 437 g/mol. The Hall–Kier alpha value is -2.94. The third-order valence-electron chi connectivity index (χ3n) is 4.24.